The molecule has 0 aliphatic heterocycles. The first-order valence-corrected chi connectivity index (χ1v) is 6.60. The van der Waals surface area contributed by atoms with Crippen LogP contribution >= 0.6 is 11.6 Å². The van der Waals surface area contributed by atoms with Crippen molar-refractivity contribution in [2.75, 3.05) is 20.8 Å². The lowest BCUT2D eigenvalue weighted by Crippen LogP contribution is -2.06. The fourth-order valence-corrected chi connectivity index (χ4v) is 2.20. The number of hydrogen-bond donors (Lipinski definition) is 1. The summed E-state index contributed by atoms with van der Waals surface area (Å²) in [6.45, 7) is 1.35. The molecule has 20 heavy (non-hydrogen) atoms. The minimum atomic E-state index is 0.456. The second-order valence-corrected chi connectivity index (χ2v) is 4.55. The van der Waals surface area contributed by atoms with E-state index in [1.807, 2.05) is 12.3 Å². The van der Waals surface area contributed by atoms with Crippen LogP contribution in [0.1, 0.15) is 6.42 Å². The third-order valence-electron chi connectivity index (χ3n) is 2.89. The van der Waals surface area contributed by atoms with Gasteiger partial charge in [0.2, 0.25) is 0 Å². The van der Waals surface area contributed by atoms with Gasteiger partial charge in [-0.3, -0.25) is 4.68 Å². The molecule has 2 aromatic rings. The smallest absolute Gasteiger partial charge is 0.180 e. The molecule has 0 saturated carbocycles. The van der Waals surface area contributed by atoms with Crippen molar-refractivity contribution in [3.63, 3.8) is 0 Å². The zero-order valence-corrected chi connectivity index (χ0v) is 12.2. The van der Waals surface area contributed by atoms with Crippen LogP contribution in [0.3, 0.4) is 0 Å². The predicted octanol–water partition coefficient (Wildman–Crippen LogP) is 1.96. The van der Waals surface area contributed by atoms with Crippen molar-refractivity contribution in [1.29, 1.82) is 0 Å². The Morgan fingerprint density at radius 3 is 2.75 bits per heavy atom. The second-order valence-electron chi connectivity index (χ2n) is 4.17. The van der Waals surface area contributed by atoms with E-state index >= 15 is 0 Å². The average molecular weight is 297 g/mol. The van der Waals surface area contributed by atoms with Crippen LogP contribution in [0.5, 0.6) is 11.5 Å². The zero-order valence-electron chi connectivity index (χ0n) is 11.5. The molecule has 0 saturated heterocycles. The quantitative estimate of drug-likeness (QED) is 0.882. The Balaban J connectivity index is 2.35. The third-order valence-corrected chi connectivity index (χ3v) is 3.27. The summed E-state index contributed by atoms with van der Waals surface area (Å²) in [7, 11) is 3.11. The first-order valence-electron chi connectivity index (χ1n) is 6.22. The second kappa shape index (κ2) is 6.58. The van der Waals surface area contributed by atoms with E-state index in [1.165, 1.54) is 0 Å². The fourth-order valence-electron chi connectivity index (χ4n) is 1.87. The Labute approximate surface area is 122 Å². The molecule has 0 fully saturated rings. The van der Waals surface area contributed by atoms with E-state index in [0.29, 0.717) is 28.8 Å². The number of halogens is 1. The van der Waals surface area contributed by atoms with Crippen molar-refractivity contribution in [3.05, 3.63) is 23.4 Å². The maximum Gasteiger partial charge on any atom is 0.180 e. The Morgan fingerprint density at radius 2 is 2.10 bits per heavy atom. The Hall–Kier alpha value is -1.79. The van der Waals surface area contributed by atoms with E-state index in [4.69, 9.17) is 26.8 Å². The van der Waals surface area contributed by atoms with Crippen LogP contribution in [-0.2, 0) is 6.54 Å². The summed E-state index contributed by atoms with van der Waals surface area (Å²) in [4.78, 5) is 0. The third kappa shape index (κ3) is 2.86. The van der Waals surface area contributed by atoms with Crippen LogP contribution in [0, 0.1) is 0 Å². The summed E-state index contributed by atoms with van der Waals surface area (Å²) in [5.41, 5.74) is 6.92. The van der Waals surface area contributed by atoms with Crippen molar-refractivity contribution in [2.24, 2.45) is 5.73 Å². The summed E-state index contributed by atoms with van der Waals surface area (Å²) in [5, 5.41) is 8.63. The van der Waals surface area contributed by atoms with Gasteiger partial charge in [-0.2, -0.15) is 0 Å². The molecule has 2 rings (SSSR count). The minimum absolute atomic E-state index is 0.456. The van der Waals surface area contributed by atoms with E-state index in [9.17, 15) is 0 Å². The molecule has 0 bridgehead atoms. The molecule has 1 aromatic carbocycles. The van der Waals surface area contributed by atoms with Crippen LogP contribution in [0.15, 0.2) is 18.3 Å². The molecule has 0 amide bonds. The van der Waals surface area contributed by atoms with Crippen LogP contribution in [0.25, 0.3) is 11.3 Å². The molecule has 0 spiro atoms. The van der Waals surface area contributed by atoms with E-state index in [2.05, 4.69) is 10.3 Å². The Kier molecular flexibility index (Phi) is 4.81. The molecule has 2 N–H and O–H groups in total. The maximum atomic E-state index is 6.34. The number of nitrogens with zero attached hydrogens (tertiary/aromatic N) is 3. The van der Waals surface area contributed by atoms with Crippen molar-refractivity contribution in [3.8, 4) is 22.8 Å². The van der Waals surface area contributed by atoms with Gasteiger partial charge in [0, 0.05) is 12.1 Å². The summed E-state index contributed by atoms with van der Waals surface area (Å²) < 4.78 is 12.2. The lowest BCUT2D eigenvalue weighted by Gasteiger charge is -2.11. The SMILES string of the molecule is COc1ccc(-c2cn(CCCN)nn2)c(Cl)c1OC. The van der Waals surface area contributed by atoms with E-state index < -0.39 is 0 Å². The highest BCUT2D eigenvalue weighted by atomic mass is 35.5. The normalized spacial score (nSPS) is 10.6. The number of benzene rings is 1. The van der Waals surface area contributed by atoms with Gasteiger partial charge in [-0.05, 0) is 25.1 Å². The van der Waals surface area contributed by atoms with Gasteiger partial charge in [-0.1, -0.05) is 16.8 Å². The van der Waals surface area contributed by atoms with E-state index in [1.54, 1.807) is 25.0 Å². The Bertz CT molecular complexity index is 586. The van der Waals surface area contributed by atoms with Gasteiger partial charge in [0.25, 0.3) is 0 Å². The number of aromatic nitrogens is 3. The molecule has 1 heterocycles. The van der Waals surface area contributed by atoms with Crippen LogP contribution in [-0.4, -0.2) is 35.8 Å². The number of ether oxygens (including phenoxy) is 2. The van der Waals surface area contributed by atoms with Gasteiger partial charge in [-0.25, -0.2) is 0 Å². The van der Waals surface area contributed by atoms with Crippen LogP contribution in [0.2, 0.25) is 5.02 Å². The number of rotatable bonds is 6. The molecular formula is C13H17ClN4O2. The predicted molar refractivity (Wildman–Crippen MR) is 77.2 cm³/mol. The first kappa shape index (κ1) is 14.6. The molecule has 108 valence electrons. The molecule has 7 heteroatoms. The van der Waals surface area contributed by atoms with Crippen molar-refractivity contribution in [1.82, 2.24) is 15.0 Å². The molecule has 0 atom stereocenters. The fraction of sp³-hybridized carbons (Fsp3) is 0.385. The number of methoxy groups -OCH3 is 2. The molecule has 0 radical (unpaired) electrons. The molecule has 1 aromatic heterocycles. The van der Waals surface area contributed by atoms with Crippen molar-refractivity contribution < 1.29 is 9.47 Å². The summed E-state index contributed by atoms with van der Waals surface area (Å²) in [6.07, 6.45) is 2.69. The lowest BCUT2D eigenvalue weighted by atomic mass is 10.1. The monoisotopic (exact) mass is 296 g/mol. The van der Waals surface area contributed by atoms with Gasteiger partial charge < -0.3 is 15.2 Å². The molecule has 6 nitrogen and oxygen atoms in total. The summed E-state index contributed by atoms with van der Waals surface area (Å²) >= 11 is 6.34. The Morgan fingerprint density at radius 1 is 1.30 bits per heavy atom. The highest BCUT2D eigenvalue weighted by Gasteiger charge is 2.16. The molecule has 0 aliphatic rings. The standard InChI is InChI=1S/C13H17ClN4O2/c1-19-11-5-4-9(12(14)13(11)20-2)10-8-18(17-16-10)7-3-6-15/h4-5,8H,3,6-7,15H2,1-2H3. The van der Waals surface area contributed by atoms with Crippen molar-refractivity contribution in [2.45, 2.75) is 13.0 Å². The van der Waals surface area contributed by atoms with Crippen molar-refractivity contribution >= 4 is 11.6 Å². The largest absolute Gasteiger partial charge is 0.493 e. The topological polar surface area (TPSA) is 75.2 Å². The van der Waals surface area contributed by atoms with Crippen LogP contribution < -0.4 is 15.2 Å². The molecular weight excluding hydrogens is 280 g/mol. The van der Waals surface area contributed by atoms with Gasteiger partial charge in [-0.15, -0.1) is 5.10 Å². The first-order chi connectivity index (χ1) is 9.71. The van der Waals surface area contributed by atoms with Gasteiger partial charge >= 0.3 is 0 Å². The average Bonchev–Trinajstić information content (AvgIpc) is 2.93. The maximum absolute atomic E-state index is 6.34. The number of hydrogen-bond acceptors (Lipinski definition) is 5. The van der Waals surface area contributed by atoms with Gasteiger partial charge in [0.05, 0.1) is 25.4 Å². The summed E-state index contributed by atoms with van der Waals surface area (Å²) in [5.74, 6) is 1.07. The highest BCUT2D eigenvalue weighted by molar-refractivity contribution is 6.35. The van der Waals surface area contributed by atoms with Gasteiger partial charge in [0.1, 0.15) is 5.69 Å². The molecule has 0 unspecified atom stereocenters. The van der Waals surface area contributed by atoms with Crippen LogP contribution in [0.4, 0.5) is 0 Å². The zero-order chi connectivity index (χ0) is 14.5. The number of nitrogens with two attached hydrogens (primary N) is 1. The highest BCUT2D eigenvalue weighted by Crippen LogP contribution is 2.40. The van der Waals surface area contributed by atoms with E-state index in [0.717, 1.165) is 18.5 Å². The van der Waals surface area contributed by atoms with Gasteiger partial charge in [0.15, 0.2) is 11.5 Å². The minimum Gasteiger partial charge on any atom is -0.493 e. The molecule has 0 aliphatic carbocycles. The van der Waals surface area contributed by atoms with E-state index in [-0.39, 0.29) is 0 Å². The lowest BCUT2D eigenvalue weighted by molar-refractivity contribution is 0.355. The summed E-state index contributed by atoms with van der Waals surface area (Å²) in [6, 6.07) is 3.62. The number of aryl methyl sites for hydroxylation is 1.